The van der Waals surface area contributed by atoms with Crippen molar-refractivity contribution in [3.63, 3.8) is 0 Å². The summed E-state index contributed by atoms with van der Waals surface area (Å²) in [5.74, 6) is -1.67. The first-order chi connectivity index (χ1) is 9.01. The number of benzene rings is 2. The van der Waals surface area contributed by atoms with Crippen molar-refractivity contribution >= 4 is 15.9 Å². The molecular formula is C14H11BrF3N. The van der Waals surface area contributed by atoms with E-state index in [1.54, 1.807) is 13.1 Å². The molecule has 1 nitrogen and oxygen atoms in total. The van der Waals surface area contributed by atoms with E-state index in [2.05, 4.69) is 21.2 Å². The molecule has 100 valence electrons. The van der Waals surface area contributed by atoms with Gasteiger partial charge in [-0.2, -0.15) is 0 Å². The maximum Gasteiger partial charge on any atom is 0.126 e. The summed E-state index contributed by atoms with van der Waals surface area (Å²) in [4.78, 5) is 0. The van der Waals surface area contributed by atoms with E-state index < -0.39 is 17.7 Å². The van der Waals surface area contributed by atoms with Gasteiger partial charge in [0.05, 0.1) is 6.04 Å². The molecule has 0 saturated heterocycles. The number of hydrogen-bond acceptors (Lipinski definition) is 1. The molecule has 0 aromatic heterocycles. The van der Waals surface area contributed by atoms with Crippen LogP contribution in [0.3, 0.4) is 0 Å². The SMILES string of the molecule is CNC(c1cc(F)cc(F)c1)c1ccc(F)cc1Br. The van der Waals surface area contributed by atoms with E-state index >= 15 is 0 Å². The molecule has 2 aromatic carbocycles. The summed E-state index contributed by atoms with van der Waals surface area (Å²) in [6.45, 7) is 0. The molecule has 0 spiro atoms. The lowest BCUT2D eigenvalue weighted by Gasteiger charge is -2.19. The normalized spacial score (nSPS) is 12.5. The fourth-order valence-corrected chi connectivity index (χ4v) is 2.56. The maximum absolute atomic E-state index is 13.3. The van der Waals surface area contributed by atoms with Crippen LogP contribution in [0.2, 0.25) is 0 Å². The third-order valence-electron chi connectivity index (χ3n) is 2.78. The molecule has 0 amide bonds. The van der Waals surface area contributed by atoms with Gasteiger partial charge in [0.15, 0.2) is 0 Å². The zero-order valence-electron chi connectivity index (χ0n) is 10.1. The molecule has 1 atom stereocenters. The van der Waals surface area contributed by atoms with Gasteiger partial charge in [-0.1, -0.05) is 22.0 Å². The molecule has 0 bridgehead atoms. The number of rotatable bonds is 3. The van der Waals surface area contributed by atoms with Gasteiger partial charge in [0.1, 0.15) is 17.5 Å². The molecule has 1 N–H and O–H groups in total. The Morgan fingerprint density at radius 2 is 1.58 bits per heavy atom. The quantitative estimate of drug-likeness (QED) is 0.890. The first-order valence-electron chi connectivity index (χ1n) is 5.59. The first-order valence-corrected chi connectivity index (χ1v) is 6.39. The molecule has 0 radical (unpaired) electrons. The monoisotopic (exact) mass is 329 g/mol. The lowest BCUT2D eigenvalue weighted by molar-refractivity contribution is 0.571. The van der Waals surface area contributed by atoms with Crippen molar-refractivity contribution in [2.75, 3.05) is 7.05 Å². The summed E-state index contributed by atoms with van der Waals surface area (Å²) < 4.78 is 40.1. The van der Waals surface area contributed by atoms with Crippen LogP contribution < -0.4 is 5.32 Å². The Hall–Kier alpha value is -1.33. The van der Waals surface area contributed by atoms with Crippen LogP contribution in [-0.2, 0) is 0 Å². The van der Waals surface area contributed by atoms with Gasteiger partial charge in [-0.15, -0.1) is 0 Å². The summed E-state index contributed by atoms with van der Waals surface area (Å²) in [5, 5.41) is 2.96. The predicted molar refractivity (Wildman–Crippen MR) is 71.4 cm³/mol. The van der Waals surface area contributed by atoms with Gasteiger partial charge >= 0.3 is 0 Å². The van der Waals surface area contributed by atoms with E-state index in [1.807, 2.05) is 0 Å². The standard InChI is InChI=1S/C14H11BrF3N/c1-19-14(8-4-10(17)6-11(18)5-8)12-3-2-9(16)7-13(12)15/h2-7,14,19H,1H3. The maximum atomic E-state index is 13.3. The Labute approximate surface area is 117 Å². The highest BCUT2D eigenvalue weighted by atomic mass is 79.9. The summed E-state index contributed by atoms with van der Waals surface area (Å²) in [5.41, 5.74) is 1.14. The van der Waals surface area contributed by atoms with Crippen molar-refractivity contribution in [2.45, 2.75) is 6.04 Å². The molecule has 2 rings (SSSR count). The van der Waals surface area contributed by atoms with Crippen LogP contribution >= 0.6 is 15.9 Å². The molecule has 5 heteroatoms. The van der Waals surface area contributed by atoms with E-state index in [1.165, 1.54) is 24.3 Å². The molecule has 2 aromatic rings. The van der Waals surface area contributed by atoms with E-state index in [4.69, 9.17) is 0 Å². The second kappa shape index (κ2) is 5.75. The Bertz CT molecular complexity index is 581. The Morgan fingerprint density at radius 3 is 2.11 bits per heavy atom. The summed E-state index contributed by atoms with van der Waals surface area (Å²) in [6.07, 6.45) is 0. The van der Waals surface area contributed by atoms with Gasteiger partial charge < -0.3 is 5.32 Å². The van der Waals surface area contributed by atoms with Crippen LogP contribution in [0.15, 0.2) is 40.9 Å². The van der Waals surface area contributed by atoms with Gasteiger partial charge in [-0.3, -0.25) is 0 Å². The minimum Gasteiger partial charge on any atom is -0.309 e. The highest BCUT2D eigenvalue weighted by molar-refractivity contribution is 9.10. The van der Waals surface area contributed by atoms with Crippen LogP contribution in [0.5, 0.6) is 0 Å². The zero-order valence-corrected chi connectivity index (χ0v) is 11.6. The number of hydrogen-bond donors (Lipinski definition) is 1. The smallest absolute Gasteiger partial charge is 0.126 e. The number of nitrogens with one attached hydrogen (secondary N) is 1. The van der Waals surface area contributed by atoms with E-state index in [0.717, 1.165) is 6.07 Å². The van der Waals surface area contributed by atoms with Crippen LogP contribution in [0.1, 0.15) is 17.2 Å². The minimum atomic E-state index is -0.645. The number of halogens is 4. The van der Waals surface area contributed by atoms with Crippen LogP contribution in [0.25, 0.3) is 0 Å². The third-order valence-corrected chi connectivity index (χ3v) is 3.47. The van der Waals surface area contributed by atoms with Gasteiger partial charge in [-0.25, -0.2) is 13.2 Å². The highest BCUT2D eigenvalue weighted by Crippen LogP contribution is 2.29. The summed E-state index contributed by atoms with van der Waals surface area (Å²) in [6, 6.07) is 7.08. The second-order valence-corrected chi connectivity index (χ2v) is 4.94. The predicted octanol–water partition coefficient (Wildman–Crippen LogP) is 4.18. The lowest BCUT2D eigenvalue weighted by Crippen LogP contribution is -2.18. The molecule has 19 heavy (non-hydrogen) atoms. The third kappa shape index (κ3) is 3.16. The summed E-state index contributed by atoms with van der Waals surface area (Å²) in [7, 11) is 1.67. The molecule has 0 fully saturated rings. The van der Waals surface area contributed by atoms with Gasteiger partial charge in [0, 0.05) is 10.5 Å². The Morgan fingerprint density at radius 1 is 0.947 bits per heavy atom. The zero-order chi connectivity index (χ0) is 14.0. The van der Waals surface area contributed by atoms with Gasteiger partial charge in [0.25, 0.3) is 0 Å². The van der Waals surface area contributed by atoms with Crippen molar-refractivity contribution in [2.24, 2.45) is 0 Å². The fraction of sp³-hybridized carbons (Fsp3) is 0.143. The molecular weight excluding hydrogens is 319 g/mol. The Balaban J connectivity index is 2.49. The van der Waals surface area contributed by atoms with Crippen molar-refractivity contribution < 1.29 is 13.2 Å². The minimum absolute atomic E-state index is 0.379. The average molecular weight is 330 g/mol. The van der Waals surface area contributed by atoms with Gasteiger partial charge in [0.2, 0.25) is 0 Å². The fourth-order valence-electron chi connectivity index (χ4n) is 1.98. The second-order valence-electron chi connectivity index (χ2n) is 4.09. The average Bonchev–Trinajstić information content (AvgIpc) is 2.31. The van der Waals surface area contributed by atoms with Gasteiger partial charge in [-0.05, 0) is 42.4 Å². The van der Waals surface area contributed by atoms with E-state index in [-0.39, 0.29) is 5.82 Å². The molecule has 0 aliphatic rings. The molecule has 0 aliphatic carbocycles. The lowest BCUT2D eigenvalue weighted by atomic mass is 9.98. The van der Waals surface area contributed by atoms with Crippen molar-refractivity contribution in [3.8, 4) is 0 Å². The molecule has 0 heterocycles. The highest BCUT2D eigenvalue weighted by Gasteiger charge is 2.17. The molecule has 0 aliphatic heterocycles. The topological polar surface area (TPSA) is 12.0 Å². The molecule has 0 saturated carbocycles. The van der Waals surface area contributed by atoms with Crippen LogP contribution in [0.4, 0.5) is 13.2 Å². The first kappa shape index (κ1) is 14.1. The van der Waals surface area contributed by atoms with Crippen molar-refractivity contribution in [1.82, 2.24) is 5.32 Å². The van der Waals surface area contributed by atoms with Crippen LogP contribution in [0, 0.1) is 17.5 Å². The summed E-state index contributed by atoms with van der Waals surface area (Å²) >= 11 is 3.26. The Kier molecular flexibility index (Phi) is 4.27. The van der Waals surface area contributed by atoms with Crippen molar-refractivity contribution in [3.05, 3.63) is 69.4 Å². The van der Waals surface area contributed by atoms with Crippen LogP contribution in [-0.4, -0.2) is 7.05 Å². The van der Waals surface area contributed by atoms with Crippen molar-refractivity contribution in [1.29, 1.82) is 0 Å². The largest absolute Gasteiger partial charge is 0.309 e. The van der Waals surface area contributed by atoms with E-state index in [0.29, 0.717) is 15.6 Å². The molecule has 1 unspecified atom stereocenters. The van der Waals surface area contributed by atoms with E-state index in [9.17, 15) is 13.2 Å².